The standard InChI is InChI=1S/C16H25NO2/c1-5-16(3,4)15(18)14(17)11-12-7-9-13(10-8-12)19-6-2/h7-10,14H,5-6,11,17H2,1-4H3. The van der Waals surface area contributed by atoms with E-state index in [4.69, 9.17) is 10.5 Å². The third-order valence-corrected chi connectivity index (χ3v) is 3.58. The maximum Gasteiger partial charge on any atom is 0.155 e. The van der Waals surface area contributed by atoms with Crippen molar-refractivity contribution < 1.29 is 9.53 Å². The molecule has 1 aromatic carbocycles. The summed E-state index contributed by atoms with van der Waals surface area (Å²) in [6, 6.07) is 7.34. The van der Waals surface area contributed by atoms with E-state index in [1.54, 1.807) is 0 Å². The summed E-state index contributed by atoms with van der Waals surface area (Å²) in [6.07, 6.45) is 1.39. The maximum atomic E-state index is 12.2. The average molecular weight is 263 g/mol. The summed E-state index contributed by atoms with van der Waals surface area (Å²) in [6.45, 7) is 8.53. The third kappa shape index (κ3) is 4.35. The summed E-state index contributed by atoms with van der Waals surface area (Å²) in [4.78, 5) is 12.2. The van der Waals surface area contributed by atoms with Gasteiger partial charge in [0.15, 0.2) is 5.78 Å². The van der Waals surface area contributed by atoms with E-state index in [-0.39, 0.29) is 11.2 Å². The Bertz CT molecular complexity index is 409. The quantitative estimate of drug-likeness (QED) is 0.823. The van der Waals surface area contributed by atoms with Crippen molar-refractivity contribution in [3.63, 3.8) is 0 Å². The molecule has 1 atom stereocenters. The van der Waals surface area contributed by atoms with Crippen LogP contribution in [0.2, 0.25) is 0 Å². The highest BCUT2D eigenvalue weighted by Gasteiger charge is 2.29. The topological polar surface area (TPSA) is 52.3 Å². The van der Waals surface area contributed by atoms with Crippen LogP contribution >= 0.6 is 0 Å². The van der Waals surface area contributed by atoms with Crippen molar-refractivity contribution in [1.29, 1.82) is 0 Å². The number of ether oxygens (including phenoxy) is 1. The van der Waals surface area contributed by atoms with Gasteiger partial charge in [-0.25, -0.2) is 0 Å². The van der Waals surface area contributed by atoms with Crippen LogP contribution < -0.4 is 10.5 Å². The van der Waals surface area contributed by atoms with Crippen molar-refractivity contribution in [2.45, 2.75) is 46.6 Å². The molecule has 3 heteroatoms. The van der Waals surface area contributed by atoms with E-state index < -0.39 is 6.04 Å². The van der Waals surface area contributed by atoms with Crippen LogP contribution in [0.3, 0.4) is 0 Å². The minimum Gasteiger partial charge on any atom is -0.494 e. The Balaban J connectivity index is 2.66. The Hall–Kier alpha value is -1.35. The normalized spacial score (nSPS) is 13.1. The highest BCUT2D eigenvalue weighted by Crippen LogP contribution is 2.23. The maximum absolute atomic E-state index is 12.2. The van der Waals surface area contributed by atoms with Crippen molar-refractivity contribution in [2.24, 2.45) is 11.1 Å². The Morgan fingerprint density at radius 2 is 1.84 bits per heavy atom. The summed E-state index contributed by atoms with van der Waals surface area (Å²) in [5.41, 5.74) is 6.75. The summed E-state index contributed by atoms with van der Waals surface area (Å²) in [5, 5.41) is 0. The van der Waals surface area contributed by atoms with Gasteiger partial charge in [0.05, 0.1) is 12.6 Å². The number of carbonyl (C=O) groups is 1. The number of Topliss-reactive ketones (excluding diaryl/α,β-unsaturated/α-hetero) is 1. The zero-order valence-corrected chi connectivity index (χ0v) is 12.4. The van der Waals surface area contributed by atoms with Crippen LogP contribution in [0.1, 0.15) is 39.7 Å². The number of rotatable bonds is 7. The molecular weight excluding hydrogens is 238 g/mol. The summed E-state index contributed by atoms with van der Waals surface area (Å²) in [5.74, 6) is 0.976. The molecule has 0 saturated carbocycles. The second kappa shape index (κ2) is 6.71. The molecular formula is C16H25NO2. The summed E-state index contributed by atoms with van der Waals surface area (Å²) in [7, 11) is 0. The van der Waals surface area contributed by atoms with Crippen molar-refractivity contribution in [3.8, 4) is 5.75 Å². The Labute approximate surface area is 116 Å². The summed E-state index contributed by atoms with van der Waals surface area (Å²) >= 11 is 0. The van der Waals surface area contributed by atoms with Gasteiger partial charge in [-0.15, -0.1) is 0 Å². The number of benzene rings is 1. The lowest BCUT2D eigenvalue weighted by Crippen LogP contribution is -2.41. The van der Waals surface area contributed by atoms with Crippen LogP contribution in [-0.4, -0.2) is 18.4 Å². The molecule has 0 spiro atoms. The Kier molecular flexibility index (Phi) is 5.55. The van der Waals surface area contributed by atoms with Crippen molar-refractivity contribution >= 4 is 5.78 Å². The highest BCUT2D eigenvalue weighted by atomic mass is 16.5. The smallest absolute Gasteiger partial charge is 0.155 e. The van der Waals surface area contributed by atoms with Crippen molar-refractivity contribution in [3.05, 3.63) is 29.8 Å². The van der Waals surface area contributed by atoms with Crippen LogP contribution in [0.25, 0.3) is 0 Å². The number of ketones is 1. The van der Waals surface area contributed by atoms with E-state index in [0.29, 0.717) is 13.0 Å². The number of hydrogen-bond acceptors (Lipinski definition) is 3. The van der Waals surface area contributed by atoms with Crippen molar-refractivity contribution in [2.75, 3.05) is 6.61 Å². The monoisotopic (exact) mass is 263 g/mol. The van der Waals surface area contributed by atoms with Gasteiger partial charge in [0.1, 0.15) is 5.75 Å². The number of nitrogens with two attached hydrogens (primary N) is 1. The predicted molar refractivity (Wildman–Crippen MR) is 78.4 cm³/mol. The van der Waals surface area contributed by atoms with E-state index in [9.17, 15) is 4.79 Å². The molecule has 0 aromatic heterocycles. The van der Waals surface area contributed by atoms with Gasteiger partial charge in [-0.2, -0.15) is 0 Å². The minimum atomic E-state index is -0.437. The van der Waals surface area contributed by atoms with Gasteiger partial charge in [-0.3, -0.25) is 4.79 Å². The van der Waals surface area contributed by atoms with E-state index in [0.717, 1.165) is 17.7 Å². The molecule has 1 aromatic rings. The van der Waals surface area contributed by atoms with Crippen LogP contribution in [0, 0.1) is 5.41 Å². The van der Waals surface area contributed by atoms with Crippen LogP contribution in [0.15, 0.2) is 24.3 Å². The first-order chi connectivity index (χ1) is 8.90. The molecule has 0 amide bonds. The zero-order valence-electron chi connectivity index (χ0n) is 12.4. The second-order valence-corrected chi connectivity index (χ2v) is 5.49. The molecule has 1 unspecified atom stereocenters. The first-order valence-corrected chi connectivity index (χ1v) is 6.92. The minimum absolute atomic E-state index is 0.129. The molecule has 3 nitrogen and oxygen atoms in total. The molecule has 0 aliphatic heterocycles. The van der Waals surface area contributed by atoms with Gasteiger partial charge >= 0.3 is 0 Å². The largest absolute Gasteiger partial charge is 0.494 e. The third-order valence-electron chi connectivity index (χ3n) is 3.58. The SMILES string of the molecule is CCOc1ccc(CC(N)C(=O)C(C)(C)CC)cc1. The summed E-state index contributed by atoms with van der Waals surface area (Å²) < 4.78 is 5.39. The second-order valence-electron chi connectivity index (χ2n) is 5.49. The van der Waals surface area contributed by atoms with Crippen LogP contribution in [-0.2, 0) is 11.2 Å². The lowest BCUT2D eigenvalue weighted by molar-refractivity contribution is -0.128. The molecule has 0 radical (unpaired) electrons. The molecule has 0 heterocycles. The fraction of sp³-hybridized carbons (Fsp3) is 0.562. The predicted octanol–water partition coefficient (Wildman–Crippen LogP) is 2.96. The molecule has 19 heavy (non-hydrogen) atoms. The fourth-order valence-corrected chi connectivity index (χ4v) is 1.91. The fourth-order valence-electron chi connectivity index (χ4n) is 1.91. The lowest BCUT2D eigenvalue weighted by Gasteiger charge is -2.25. The van der Waals surface area contributed by atoms with Gasteiger partial charge in [0, 0.05) is 5.41 Å². The molecule has 0 fully saturated rings. The molecule has 0 aliphatic carbocycles. The van der Waals surface area contributed by atoms with Gasteiger partial charge < -0.3 is 10.5 Å². The number of carbonyl (C=O) groups excluding carboxylic acids is 1. The highest BCUT2D eigenvalue weighted by molar-refractivity contribution is 5.89. The van der Waals surface area contributed by atoms with Gasteiger partial charge in [-0.05, 0) is 37.5 Å². The van der Waals surface area contributed by atoms with E-state index in [2.05, 4.69) is 0 Å². The number of hydrogen-bond donors (Lipinski definition) is 1. The van der Waals surface area contributed by atoms with E-state index >= 15 is 0 Å². The molecule has 0 aliphatic rings. The molecule has 0 saturated heterocycles. The van der Waals surface area contributed by atoms with Crippen molar-refractivity contribution in [1.82, 2.24) is 0 Å². The molecule has 1 rings (SSSR count). The lowest BCUT2D eigenvalue weighted by atomic mass is 9.80. The van der Waals surface area contributed by atoms with E-state index in [1.165, 1.54) is 0 Å². The Morgan fingerprint density at radius 1 is 1.26 bits per heavy atom. The van der Waals surface area contributed by atoms with Gasteiger partial charge in [0.2, 0.25) is 0 Å². The average Bonchev–Trinajstić information content (AvgIpc) is 2.40. The first kappa shape index (κ1) is 15.7. The van der Waals surface area contributed by atoms with Gasteiger partial charge in [0.25, 0.3) is 0 Å². The molecule has 0 bridgehead atoms. The Morgan fingerprint density at radius 3 is 2.32 bits per heavy atom. The molecule has 106 valence electrons. The van der Waals surface area contributed by atoms with Crippen LogP contribution in [0.4, 0.5) is 0 Å². The van der Waals surface area contributed by atoms with Gasteiger partial charge in [-0.1, -0.05) is 32.9 Å². The van der Waals surface area contributed by atoms with E-state index in [1.807, 2.05) is 52.0 Å². The first-order valence-electron chi connectivity index (χ1n) is 6.92. The zero-order chi connectivity index (χ0) is 14.5. The molecule has 2 N–H and O–H groups in total. The van der Waals surface area contributed by atoms with Crippen LogP contribution in [0.5, 0.6) is 5.75 Å².